The summed E-state index contributed by atoms with van der Waals surface area (Å²) < 4.78 is 40.2. The summed E-state index contributed by atoms with van der Waals surface area (Å²) in [7, 11) is 0. The number of allylic oxidation sites excluding steroid dienone is 1. The predicted octanol–water partition coefficient (Wildman–Crippen LogP) is 4.75. The Morgan fingerprint density at radius 2 is 1.87 bits per heavy atom. The van der Waals surface area contributed by atoms with Gasteiger partial charge in [0.05, 0.1) is 22.5 Å². The highest BCUT2D eigenvalue weighted by molar-refractivity contribution is 5.94. The van der Waals surface area contributed by atoms with Gasteiger partial charge in [0.2, 0.25) is 0 Å². The summed E-state index contributed by atoms with van der Waals surface area (Å²) >= 11 is 0. The maximum Gasteiger partial charge on any atom is 0.416 e. The molecule has 1 aliphatic rings. The van der Waals surface area contributed by atoms with Crippen LogP contribution in [0.15, 0.2) is 60.9 Å². The fourth-order valence-electron chi connectivity index (χ4n) is 4.00. The van der Waals surface area contributed by atoms with Crippen LogP contribution in [0.1, 0.15) is 45.2 Å². The number of pyridine rings is 1. The van der Waals surface area contributed by atoms with Crippen LogP contribution in [0, 0.1) is 13.8 Å². The number of aryl methyl sites for hydroxylation is 1. The van der Waals surface area contributed by atoms with Gasteiger partial charge in [0.25, 0.3) is 5.91 Å². The molecule has 0 bridgehead atoms. The molecule has 2 aromatic heterocycles. The Labute approximate surface area is 177 Å². The Morgan fingerprint density at radius 1 is 1.13 bits per heavy atom. The number of alkyl halides is 3. The van der Waals surface area contributed by atoms with Crippen LogP contribution in [-0.2, 0) is 6.18 Å². The van der Waals surface area contributed by atoms with Crippen LogP contribution in [0.2, 0.25) is 0 Å². The van der Waals surface area contributed by atoms with Gasteiger partial charge in [0.15, 0.2) is 0 Å². The average molecular weight is 426 g/mol. The lowest BCUT2D eigenvalue weighted by atomic mass is 9.96. The van der Waals surface area contributed by atoms with Crippen LogP contribution in [0.25, 0.3) is 5.69 Å². The number of hydrogen-bond donors (Lipinski definition) is 1. The lowest BCUT2D eigenvalue weighted by Crippen LogP contribution is -2.32. The minimum Gasteiger partial charge on any atom is -0.346 e. The molecule has 0 saturated heterocycles. The molecule has 1 amide bonds. The smallest absolute Gasteiger partial charge is 0.346 e. The van der Waals surface area contributed by atoms with E-state index in [2.05, 4.69) is 15.4 Å². The largest absolute Gasteiger partial charge is 0.416 e. The molecule has 1 aliphatic carbocycles. The van der Waals surface area contributed by atoms with Gasteiger partial charge >= 0.3 is 6.18 Å². The molecule has 2 atom stereocenters. The summed E-state index contributed by atoms with van der Waals surface area (Å²) in [5, 5.41) is 7.55. The summed E-state index contributed by atoms with van der Waals surface area (Å²) in [5.41, 5.74) is 3.08. The Hall–Kier alpha value is -3.42. The van der Waals surface area contributed by atoms with Crippen LogP contribution in [-0.4, -0.2) is 26.7 Å². The second-order valence-electron chi connectivity index (χ2n) is 7.59. The first kappa shape index (κ1) is 20.8. The second-order valence-corrected chi connectivity index (χ2v) is 7.59. The van der Waals surface area contributed by atoms with E-state index in [1.165, 1.54) is 18.3 Å². The summed E-state index contributed by atoms with van der Waals surface area (Å²) in [6, 6.07) is 8.27. The van der Waals surface area contributed by atoms with Crippen molar-refractivity contribution in [3.05, 3.63) is 89.0 Å². The summed E-state index contributed by atoms with van der Waals surface area (Å²) in [6.07, 6.45) is 3.46. The van der Waals surface area contributed by atoms with Crippen LogP contribution in [0.3, 0.4) is 0 Å². The molecule has 0 fully saturated rings. The van der Waals surface area contributed by atoms with Crippen molar-refractivity contribution in [2.45, 2.75) is 38.4 Å². The van der Waals surface area contributed by atoms with E-state index >= 15 is 0 Å². The minimum atomic E-state index is -4.37. The molecule has 8 heteroatoms. The van der Waals surface area contributed by atoms with Crippen molar-refractivity contribution in [2.24, 2.45) is 0 Å². The number of nitrogens with one attached hydrogen (secondary N) is 1. The summed E-state index contributed by atoms with van der Waals surface area (Å²) in [6.45, 7) is 3.79. The third-order valence-electron chi connectivity index (χ3n) is 5.48. The quantitative estimate of drug-likeness (QED) is 0.613. The fraction of sp³-hybridized carbons (Fsp3) is 0.261. The van der Waals surface area contributed by atoms with Gasteiger partial charge in [0, 0.05) is 35.6 Å². The van der Waals surface area contributed by atoms with E-state index < -0.39 is 11.7 Å². The number of aromatic nitrogens is 3. The molecule has 0 unspecified atom stereocenters. The zero-order chi connectivity index (χ0) is 22.2. The summed E-state index contributed by atoms with van der Waals surface area (Å²) in [5.74, 6) is -0.125. The standard InChI is InChI=1S/C23H21F3N4O/c1-14-21(15(2)30(29-14)20-9-6-18(7-10-20)23(24,25)26)16-5-8-19(12-16)28-22(31)17-4-3-11-27-13-17/h3-11,13,16,19H,12H2,1-2H3,(H,28,31)/t16-,19+/m0/s1. The number of rotatable bonds is 4. The third kappa shape index (κ3) is 4.23. The highest BCUT2D eigenvalue weighted by atomic mass is 19.4. The molecular formula is C23H21F3N4O. The van der Waals surface area contributed by atoms with Crippen molar-refractivity contribution in [2.75, 3.05) is 0 Å². The van der Waals surface area contributed by atoms with Gasteiger partial charge in [-0.15, -0.1) is 0 Å². The van der Waals surface area contributed by atoms with Gasteiger partial charge < -0.3 is 5.32 Å². The van der Waals surface area contributed by atoms with E-state index in [-0.39, 0.29) is 17.9 Å². The third-order valence-corrected chi connectivity index (χ3v) is 5.48. The van der Waals surface area contributed by atoms with E-state index in [9.17, 15) is 18.0 Å². The van der Waals surface area contributed by atoms with Gasteiger partial charge in [-0.25, -0.2) is 4.68 Å². The van der Waals surface area contributed by atoms with Crippen molar-refractivity contribution in [1.82, 2.24) is 20.1 Å². The van der Waals surface area contributed by atoms with E-state index in [1.54, 1.807) is 23.0 Å². The predicted molar refractivity (Wildman–Crippen MR) is 110 cm³/mol. The van der Waals surface area contributed by atoms with Crippen molar-refractivity contribution in [1.29, 1.82) is 0 Å². The molecule has 0 spiro atoms. The lowest BCUT2D eigenvalue weighted by molar-refractivity contribution is -0.137. The van der Waals surface area contributed by atoms with Gasteiger partial charge in [-0.3, -0.25) is 9.78 Å². The number of benzene rings is 1. The SMILES string of the molecule is Cc1nn(-c2ccc(C(F)(F)F)cc2)c(C)c1[C@H]1C=C[C@@H](NC(=O)c2cccnc2)C1. The number of nitrogens with zero attached hydrogens (tertiary/aromatic N) is 3. The molecule has 3 aromatic rings. The molecule has 160 valence electrons. The Bertz CT molecular complexity index is 1120. The molecule has 1 N–H and O–H groups in total. The highest BCUT2D eigenvalue weighted by Crippen LogP contribution is 2.35. The maximum absolute atomic E-state index is 12.8. The molecule has 0 saturated carbocycles. The van der Waals surface area contributed by atoms with Crippen molar-refractivity contribution in [3.63, 3.8) is 0 Å². The Balaban J connectivity index is 1.51. The average Bonchev–Trinajstić information content (AvgIpc) is 3.31. The number of amides is 1. The monoisotopic (exact) mass is 426 g/mol. The Morgan fingerprint density at radius 3 is 2.52 bits per heavy atom. The molecule has 0 radical (unpaired) electrons. The van der Waals surface area contributed by atoms with Gasteiger partial charge in [-0.05, 0) is 56.7 Å². The number of hydrogen-bond acceptors (Lipinski definition) is 3. The maximum atomic E-state index is 12.8. The van der Waals surface area contributed by atoms with Crippen molar-refractivity contribution in [3.8, 4) is 5.69 Å². The molecule has 1 aromatic carbocycles. The van der Waals surface area contributed by atoms with Crippen LogP contribution < -0.4 is 5.32 Å². The van der Waals surface area contributed by atoms with E-state index in [0.717, 1.165) is 29.1 Å². The summed E-state index contributed by atoms with van der Waals surface area (Å²) in [4.78, 5) is 16.3. The normalized spacial score (nSPS) is 18.4. The second kappa shape index (κ2) is 8.02. The highest BCUT2D eigenvalue weighted by Gasteiger charge is 2.31. The zero-order valence-corrected chi connectivity index (χ0v) is 17.0. The van der Waals surface area contributed by atoms with Crippen LogP contribution in [0.4, 0.5) is 13.2 Å². The Kier molecular flexibility index (Phi) is 5.39. The fourth-order valence-corrected chi connectivity index (χ4v) is 4.00. The van der Waals surface area contributed by atoms with Crippen molar-refractivity contribution >= 4 is 5.91 Å². The van der Waals surface area contributed by atoms with Crippen LogP contribution >= 0.6 is 0 Å². The first-order valence-electron chi connectivity index (χ1n) is 9.87. The number of carbonyl (C=O) groups is 1. The molecule has 2 heterocycles. The number of halogens is 3. The topological polar surface area (TPSA) is 59.8 Å². The first-order chi connectivity index (χ1) is 14.7. The van der Waals surface area contributed by atoms with Gasteiger partial charge in [0.1, 0.15) is 0 Å². The first-order valence-corrected chi connectivity index (χ1v) is 9.87. The molecule has 0 aliphatic heterocycles. The van der Waals surface area contributed by atoms with Gasteiger partial charge in [-0.2, -0.15) is 18.3 Å². The minimum absolute atomic E-state index is 0.0578. The zero-order valence-electron chi connectivity index (χ0n) is 17.0. The van der Waals surface area contributed by atoms with E-state index in [4.69, 9.17) is 0 Å². The molecule has 4 rings (SSSR count). The number of carbonyl (C=O) groups excluding carboxylic acids is 1. The lowest BCUT2D eigenvalue weighted by Gasteiger charge is -2.15. The van der Waals surface area contributed by atoms with E-state index in [0.29, 0.717) is 17.7 Å². The molecule has 31 heavy (non-hydrogen) atoms. The van der Waals surface area contributed by atoms with E-state index in [1.807, 2.05) is 26.0 Å². The van der Waals surface area contributed by atoms with Crippen LogP contribution in [0.5, 0.6) is 0 Å². The molecular weight excluding hydrogens is 405 g/mol. The van der Waals surface area contributed by atoms with Gasteiger partial charge in [-0.1, -0.05) is 12.2 Å². The van der Waals surface area contributed by atoms with Crippen molar-refractivity contribution < 1.29 is 18.0 Å². The molecule has 5 nitrogen and oxygen atoms in total.